The molecule has 0 radical (unpaired) electrons. The molecule has 0 aliphatic rings. The molecule has 0 spiro atoms. The van der Waals surface area contributed by atoms with Gasteiger partial charge in [-0.15, -0.1) is 10.2 Å². The Bertz CT molecular complexity index is 831. The van der Waals surface area contributed by atoms with E-state index in [9.17, 15) is 4.79 Å². The maximum atomic E-state index is 10.7. The highest BCUT2D eigenvalue weighted by Crippen LogP contribution is 2.32. The number of nitrogens with zero attached hydrogens (tertiary/aromatic N) is 5. The average Bonchev–Trinajstić information content (AvgIpc) is 3.04. The molecule has 0 fully saturated rings. The van der Waals surface area contributed by atoms with Gasteiger partial charge >= 0.3 is 5.97 Å². The molecule has 0 aliphatic carbocycles. The first-order chi connectivity index (χ1) is 10.1. The van der Waals surface area contributed by atoms with E-state index < -0.39 is 5.97 Å². The molecule has 0 saturated carbocycles. The van der Waals surface area contributed by atoms with Gasteiger partial charge in [-0.25, -0.2) is 0 Å². The molecule has 0 aliphatic heterocycles. The molecule has 0 atom stereocenters. The topological polar surface area (TPSA) is 93.8 Å². The van der Waals surface area contributed by atoms with E-state index in [0.717, 1.165) is 29.0 Å². The fourth-order valence-corrected chi connectivity index (χ4v) is 3.32. The van der Waals surface area contributed by atoms with Crippen molar-refractivity contribution in [2.24, 2.45) is 0 Å². The molecule has 2 heterocycles. The van der Waals surface area contributed by atoms with Gasteiger partial charge in [0.15, 0.2) is 5.16 Å². The van der Waals surface area contributed by atoms with Crippen LogP contribution in [0.15, 0.2) is 17.3 Å². The smallest absolute Gasteiger partial charge is 0.313 e. The molecule has 10 heteroatoms. The SMILES string of the molecule is Cc1nnc(SCC(=O)O)n1-c1c(Cl)ccc2nsnc12. The second kappa shape index (κ2) is 5.58. The van der Waals surface area contributed by atoms with Crippen LogP contribution in [0.4, 0.5) is 0 Å². The van der Waals surface area contributed by atoms with Gasteiger partial charge < -0.3 is 5.11 Å². The van der Waals surface area contributed by atoms with Gasteiger partial charge in [0, 0.05) is 0 Å². The summed E-state index contributed by atoms with van der Waals surface area (Å²) >= 11 is 8.46. The Morgan fingerprint density at radius 1 is 1.43 bits per heavy atom. The zero-order valence-corrected chi connectivity index (χ0v) is 13.0. The quantitative estimate of drug-likeness (QED) is 0.728. The predicted molar refractivity (Wildman–Crippen MR) is 80.4 cm³/mol. The molecule has 0 amide bonds. The highest BCUT2D eigenvalue weighted by atomic mass is 35.5. The number of halogens is 1. The normalized spacial score (nSPS) is 11.1. The summed E-state index contributed by atoms with van der Waals surface area (Å²) in [6.07, 6.45) is 0. The maximum absolute atomic E-state index is 10.7. The Hall–Kier alpha value is -1.71. The standard InChI is InChI=1S/C11H8ClN5O2S2/c1-5-13-14-11(20-4-8(18)19)17(5)10-6(12)2-3-7-9(10)16-21-15-7/h2-3H,4H2,1H3,(H,18,19). The van der Waals surface area contributed by atoms with E-state index in [0.29, 0.717) is 27.2 Å². The summed E-state index contributed by atoms with van der Waals surface area (Å²) in [5, 5.41) is 17.8. The Labute approximate surface area is 132 Å². The summed E-state index contributed by atoms with van der Waals surface area (Å²) in [6.45, 7) is 1.77. The van der Waals surface area contributed by atoms with Crippen LogP contribution >= 0.6 is 35.1 Å². The molecule has 0 bridgehead atoms. The molecule has 0 unspecified atom stereocenters. The number of benzene rings is 1. The number of hydrogen-bond donors (Lipinski definition) is 1. The van der Waals surface area contributed by atoms with Crippen LogP contribution in [0.2, 0.25) is 5.02 Å². The molecule has 1 aromatic carbocycles. The van der Waals surface area contributed by atoms with Crippen LogP contribution in [0.25, 0.3) is 16.7 Å². The lowest BCUT2D eigenvalue weighted by molar-refractivity contribution is -0.133. The number of fused-ring (bicyclic) bond motifs is 1. The summed E-state index contributed by atoms with van der Waals surface area (Å²) in [4.78, 5) is 10.7. The monoisotopic (exact) mass is 341 g/mol. The lowest BCUT2D eigenvalue weighted by Crippen LogP contribution is -2.04. The van der Waals surface area contributed by atoms with E-state index in [1.807, 2.05) is 0 Å². The number of aliphatic carboxylic acids is 1. The van der Waals surface area contributed by atoms with Crippen molar-refractivity contribution in [1.82, 2.24) is 23.5 Å². The van der Waals surface area contributed by atoms with Crippen LogP contribution in [-0.4, -0.2) is 40.3 Å². The van der Waals surface area contributed by atoms with Crippen molar-refractivity contribution in [3.63, 3.8) is 0 Å². The second-order valence-corrected chi connectivity index (χ2v) is 5.95. The first-order valence-electron chi connectivity index (χ1n) is 5.75. The minimum Gasteiger partial charge on any atom is -0.481 e. The molecule has 7 nitrogen and oxygen atoms in total. The molecular weight excluding hydrogens is 334 g/mol. The fourth-order valence-electron chi connectivity index (χ4n) is 1.85. The molecule has 2 aromatic heterocycles. The Balaban J connectivity index is 2.18. The van der Waals surface area contributed by atoms with Crippen molar-refractivity contribution in [3.05, 3.63) is 23.0 Å². The molecule has 21 heavy (non-hydrogen) atoms. The third kappa shape index (κ3) is 2.59. The van der Waals surface area contributed by atoms with E-state index in [1.54, 1.807) is 23.6 Å². The third-order valence-electron chi connectivity index (χ3n) is 2.70. The fraction of sp³-hybridized carbons (Fsp3) is 0.182. The number of carbonyl (C=O) groups is 1. The third-order valence-corrected chi connectivity index (χ3v) is 4.46. The van der Waals surface area contributed by atoms with E-state index in [-0.39, 0.29) is 5.75 Å². The number of hydrogen-bond acceptors (Lipinski definition) is 7. The van der Waals surface area contributed by atoms with Crippen molar-refractivity contribution in [2.45, 2.75) is 12.1 Å². The summed E-state index contributed by atoms with van der Waals surface area (Å²) in [5.41, 5.74) is 1.99. The van der Waals surface area contributed by atoms with Gasteiger partial charge in [-0.1, -0.05) is 23.4 Å². The first-order valence-corrected chi connectivity index (χ1v) is 7.85. The Kier molecular flexibility index (Phi) is 3.79. The number of thioether (sulfide) groups is 1. The van der Waals surface area contributed by atoms with Gasteiger partial charge in [-0.3, -0.25) is 9.36 Å². The Morgan fingerprint density at radius 3 is 3.00 bits per heavy atom. The van der Waals surface area contributed by atoms with Crippen LogP contribution in [0.1, 0.15) is 5.82 Å². The average molecular weight is 342 g/mol. The van der Waals surface area contributed by atoms with Crippen molar-refractivity contribution < 1.29 is 9.90 Å². The summed E-state index contributed by atoms with van der Waals surface area (Å²) in [5.74, 6) is -0.432. The van der Waals surface area contributed by atoms with E-state index in [1.165, 1.54) is 0 Å². The number of carboxylic acids is 1. The van der Waals surface area contributed by atoms with Gasteiger partial charge in [-0.2, -0.15) is 8.75 Å². The van der Waals surface area contributed by atoms with Crippen LogP contribution in [0, 0.1) is 6.92 Å². The Morgan fingerprint density at radius 2 is 2.24 bits per heavy atom. The van der Waals surface area contributed by atoms with Gasteiger partial charge in [0.05, 0.1) is 28.2 Å². The van der Waals surface area contributed by atoms with E-state index >= 15 is 0 Å². The zero-order valence-electron chi connectivity index (χ0n) is 10.6. The lowest BCUT2D eigenvalue weighted by Gasteiger charge is -2.10. The largest absolute Gasteiger partial charge is 0.481 e. The molecule has 0 saturated heterocycles. The highest BCUT2D eigenvalue weighted by molar-refractivity contribution is 7.99. The van der Waals surface area contributed by atoms with Crippen LogP contribution < -0.4 is 0 Å². The van der Waals surface area contributed by atoms with Crippen LogP contribution in [0.5, 0.6) is 0 Å². The van der Waals surface area contributed by atoms with Crippen molar-refractivity contribution >= 4 is 52.1 Å². The first kappa shape index (κ1) is 14.2. The van der Waals surface area contributed by atoms with E-state index in [4.69, 9.17) is 16.7 Å². The van der Waals surface area contributed by atoms with Gasteiger partial charge in [-0.05, 0) is 19.1 Å². The van der Waals surface area contributed by atoms with Gasteiger partial charge in [0.25, 0.3) is 0 Å². The molecule has 108 valence electrons. The number of rotatable bonds is 4. The molecular formula is C11H8ClN5O2S2. The van der Waals surface area contributed by atoms with Crippen molar-refractivity contribution in [2.75, 3.05) is 5.75 Å². The number of aryl methyl sites for hydroxylation is 1. The predicted octanol–water partition coefficient (Wildman–Crippen LogP) is 2.41. The highest BCUT2D eigenvalue weighted by Gasteiger charge is 2.19. The molecule has 3 aromatic rings. The summed E-state index contributed by atoms with van der Waals surface area (Å²) < 4.78 is 10.1. The number of carboxylic acid groups (broad SMARTS) is 1. The summed E-state index contributed by atoms with van der Waals surface area (Å²) in [6, 6.07) is 3.51. The minimum absolute atomic E-state index is 0.110. The second-order valence-electron chi connectivity index (χ2n) is 4.08. The minimum atomic E-state index is -0.924. The van der Waals surface area contributed by atoms with E-state index in [2.05, 4.69) is 18.9 Å². The van der Waals surface area contributed by atoms with Gasteiger partial charge in [0.2, 0.25) is 0 Å². The maximum Gasteiger partial charge on any atom is 0.313 e. The van der Waals surface area contributed by atoms with Crippen molar-refractivity contribution in [1.29, 1.82) is 0 Å². The lowest BCUT2D eigenvalue weighted by atomic mass is 10.2. The molecule has 3 rings (SSSR count). The summed E-state index contributed by atoms with van der Waals surface area (Å²) in [7, 11) is 0. The van der Waals surface area contributed by atoms with Crippen LogP contribution in [-0.2, 0) is 4.79 Å². The van der Waals surface area contributed by atoms with Crippen LogP contribution in [0.3, 0.4) is 0 Å². The van der Waals surface area contributed by atoms with Gasteiger partial charge in [0.1, 0.15) is 16.9 Å². The molecule has 1 N–H and O–H groups in total. The number of aromatic nitrogens is 5. The van der Waals surface area contributed by atoms with Crippen molar-refractivity contribution in [3.8, 4) is 5.69 Å². The zero-order chi connectivity index (χ0) is 15.0.